The minimum Gasteiger partial charge on any atom is -0.281 e. The first kappa shape index (κ1) is 18.4. The van der Waals surface area contributed by atoms with E-state index in [9.17, 15) is 0 Å². The predicted molar refractivity (Wildman–Crippen MR) is 128 cm³/mol. The molecule has 1 atom stereocenters. The first-order valence-corrected chi connectivity index (χ1v) is 11.4. The zero-order valence-electron chi connectivity index (χ0n) is 17.0. The average molecular weight is 420 g/mol. The van der Waals surface area contributed by atoms with Crippen LogP contribution in [0.1, 0.15) is 24.3 Å². The lowest BCUT2D eigenvalue weighted by Gasteiger charge is -2.12. The smallest absolute Gasteiger partial charge is 0.161 e. The molecule has 0 saturated heterocycles. The number of allylic oxidation sites excluding steroid dienone is 2. The summed E-state index contributed by atoms with van der Waals surface area (Å²) in [6.07, 6.45) is 8.85. The van der Waals surface area contributed by atoms with Crippen molar-refractivity contribution in [2.45, 2.75) is 28.6 Å². The molecule has 5 aromatic rings. The first-order chi connectivity index (χ1) is 15.3. The van der Waals surface area contributed by atoms with Gasteiger partial charge in [-0.3, -0.25) is 4.40 Å². The number of fused-ring (bicyclic) bond motifs is 3. The number of benzene rings is 3. The summed E-state index contributed by atoms with van der Waals surface area (Å²) in [6.45, 7) is 0. The number of aromatic nitrogens is 3. The van der Waals surface area contributed by atoms with Crippen LogP contribution in [0.15, 0.2) is 107 Å². The van der Waals surface area contributed by atoms with Gasteiger partial charge < -0.3 is 0 Å². The average Bonchev–Trinajstić information content (AvgIpc) is 3.52. The fourth-order valence-electron chi connectivity index (χ4n) is 4.42. The molecule has 2 aromatic heterocycles. The molecular weight excluding hydrogens is 398 g/mol. The van der Waals surface area contributed by atoms with E-state index in [-0.39, 0.29) is 0 Å². The van der Waals surface area contributed by atoms with E-state index in [4.69, 9.17) is 0 Å². The zero-order chi connectivity index (χ0) is 20.6. The van der Waals surface area contributed by atoms with Gasteiger partial charge >= 0.3 is 0 Å². The minimum absolute atomic E-state index is 0.582. The van der Waals surface area contributed by atoms with Gasteiger partial charge in [-0.1, -0.05) is 72.4 Å². The van der Waals surface area contributed by atoms with E-state index in [0.717, 1.165) is 11.2 Å². The summed E-state index contributed by atoms with van der Waals surface area (Å²) in [5.41, 5.74) is 5.77. The molecule has 150 valence electrons. The molecule has 0 spiro atoms. The van der Waals surface area contributed by atoms with Crippen molar-refractivity contribution in [3.8, 4) is 11.1 Å². The van der Waals surface area contributed by atoms with Crippen LogP contribution in [0.25, 0.3) is 27.7 Å². The molecule has 3 nitrogen and oxygen atoms in total. The van der Waals surface area contributed by atoms with Gasteiger partial charge in [0, 0.05) is 21.1 Å². The number of nitrogens with zero attached hydrogens (tertiary/aromatic N) is 3. The standard InChI is InChI=1S/C27H21N3S/c1-2-8-21(9-3-1)25-17-27-29-28-18-30(27)26-16-23(14-15-24(25)26)31-22-12-10-20(11-13-22)19-6-4-5-7-19/h1-4,6,8-19H,5,7H2. The Morgan fingerprint density at radius 3 is 2.52 bits per heavy atom. The molecule has 0 N–H and O–H groups in total. The molecule has 2 heterocycles. The maximum Gasteiger partial charge on any atom is 0.161 e. The highest BCUT2D eigenvalue weighted by Crippen LogP contribution is 2.36. The molecule has 6 rings (SSSR count). The lowest BCUT2D eigenvalue weighted by atomic mass is 9.99. The molecule has 0 fully saturated rings. The normalized spacial score (nSPS) is 15.8. The van der Waals surface area contributed by atoms with Crippen LogP contribution in [0.3, 0.4) is 0 Å². The Morgan fingerprint density at radius 2 is 1.71 bits per heavy atom. The molecule has 1 aliphatic rings. The van der Waals surface area contributed by atoms with E-state index in [2.05, 4.69) is 99.5 Å². The van der Waals surface area contributed by atoms with Gasteiger partial charge in [-0.15, -0.1) is 10.2 Å². The third kappa shape index (κ3) is 3.43. The second-order valence-electron chi connectivity index (χ2n) is 7.95. The van der Waals surface area contributed by atoms with Gasteiger partial charge in [0.25, 0.3) is 0 Å². The van der Waals surface area contributed by atoms with Crippen LogP contribution in [0.4, 0.5) is 0 Å². The van der Waals surface area contributed by atoms with Gasteiger partial charge in [0.15, 0.2) is 5.65 Å². The summed E-state index contributed by atoms with van der Waals surface area (Å²) in [5.74, 6) is 0.582. The Hall–Kier alpha value is -3.37. The fourth-order valence-corrected chi connectivity index (χ4v) is 5.27. The molecule has 3 aromatic carbocycles. The van der Waals surface area contributed by atoms with E-state index in [1.165, 1.54) is 44.7 Å². The van der Waals surface area contributed by atoms with Crippen molar-refractivity contribution in [3.63, 3.8) is 0 Å². The van der Waals surface area contributed by atoms with Gasteiger partial charge in [-0.2, -0.15) is 0 Å². The summed E-state index contributed by atoms with van der Waals surface area (Å²) in [6, 6.07) is 28.3. The maximum absolute atomic E-state index is 4.32. The summed E-state index contributed by atoms with van der Waals surface area (Å²) >= 11 is 1.79. The quantitative estimate of drug-likeness (QED) is 0.290. The topological polar surface area (TPSA) is 30.2 Å². The zero-order valence-corrected chi connectivity index (χ0v) is 17.8. The van der Waals surface area contributed by atoms with Crippen LogP contribution in [0.5, 0.6) is 0 Å². The summed E-state index contributed by atoms with van der Waals surface area (Å²) < 4.78 is 2.07. The van der Waals surface area contributed by atoms with Gasteiger partial charge in [-0.25, -0.2) is 0 Å². The van der Waals surface area contributed by atoms with E-state index in [0.29, 0.717) is 5.92 Å². The maximum atomic E-state index is 4.32. The van der Waals surface area contributed by atoms with Crippen molar-refractivity contribution >= 4 is 28.3 Å². The van der Waals surface area contributed by atoms with Crippen LogP contribution < -0.4 is 0 Å². The van der Waals surface area contributed by atoms with Crippen LogP contribution >= 0.6 is 11.8 Å². The molecule has 0 radical (unpaired) electrons. The Kier molecular flexibility index (Phi) is 4.58. The fraction of sp³-hybridized carbons (Fsp3) is 0.111. The number of rotatable bonds is 4. The highest BCUT2D eigenvalue weighted by Gasteiger charge is 2.13. The third-order valence-electron chi connectivity index (χ3n) is 6.01. The van der Waals surface area contributed by atoms with E-state index < -0.39 is 0 Å². The first-order valence-electron chi connectivity index (χ1n) is 10.6. The second-order valence-corrected chi connectivity index (χ2v) is 9.09. The molecule has 0 amide bonds. The second kappa shape index (κ2) is 7.71. The minimum atomic E-state index is 0.582. The Balaban J connectivity index is 1.39. The monoisotopic (exact) mass is 419 g/mol. The summed E-state index contributed by atoms with van der Waals surface area (Å²) in [5, 5.41) is 9.66. The molecule has 31 heavy (non-hydrogen) atoms. The van der Waals surface area contributed by atoms with Crippen LogP contribution in [0, 0.1) is 0 Å². The number of hydrogen-bond donors (Lipinski definition) is 0. The highest BCUT2D eigenvalue weighted by molar-refractivity contribution is 7.99. The van der Waals surface area contributed by atoms with Crippen LogP contribution in [-0.2, 0) is 0 Å². The van der Waals surface area contributed by atoms with Crippen LogP contribution in [0.2, 0.25) is 0 Å². The molecular formula is C27H21N3S. The van der Waals surface area contributed by atoms with Crippen LogP contribution in [-0.4, -0.2) is 14.6 Å². The number of hydrogen-bond acceptors (Lipinski definition) is 3. The van der Waals surface area contributed by atoms with Crippen molar-refractivity contribution in [3.05, 3.63) is 103 Å². The molecule has 1 aliphatic carbocycles. The Bertz CT molecular complexity index is 1400. The van der Waals surface area contributed by atoms with Crippen molar-refractivity contribution in [2.24, 2.45) is 0 Å². The lowest BCUT2D eigenvalue weighted by molar-refractivity contribution is 0.800. The predicted octanol–water partition coefficient (Wildman–Crippen LogP) is 7.13. The Labute approximate surface area is 185 Å². The summed E-state index contributed by atoms with van der Waals surface area (Å²) in [4.78, 5) is 2.46. The molecule has 0 aliphatic heterocycles. The molecule has 1 unspecified atom stereocenters. The van der Waals surface area contributed by atoms with Gasteiger partial charge in [0.2, 0.25) is 0 Å². The van der Waals surface area contributed by atoms with Crippen molar-refractivity contribution in [2.75, 3.05) is 0 Å². The van der Waals surface area contributed by atoms with E-state index >= 15 is 0 Å². The van der Waals surface area contributed by atoms with Crippen molar-refractivity contribution < 1.29 is 0 Å². The summed E-state index contributed by atoms with van der Waals surface area (Å²) in [7, 11) is 0. The van der Waals surface area contributed by atoms with Crippen molar-refractivity contribution in [1.29, 1.82) is 0 Å². The van der Waals surface area contributed by atoms with Gasteiger partial charge in [0.05, 0.1) is 5.52 Å². The lowest BCUT2D eigenvalue weighted by Crippen LogP contribution is -1.92. The van der Waals surface area contributed by atoms with Gasteiger partial charge in [0.1, 0.15) is 6.33 Å². The SMILES string of the molecule is C1=CC(c2ccc(Sc3ccc4c(-c5ccccc5)cc5nncn5c4c3)cc2)CC1. The Morgan fingerprint density at radius 1 is 0.871 bits per heavy atom. The highest BCUT2D eigenvalue weighted by atomic mass is 32.2. The number of pyridine rings is 1. The largest absolute Gasteiger partial charge is 0.281 e. The third-order valence-corrected chi connectivity index (χ3v) is 7.01. The molecule has 0 saturated carbocycles. The van der Waals surface area contributed by atoms with Crippen molar-refractivity contribution in [1.82, 2.24) is 14.6 Å². The van der Waals surface area contributed by atoms with E-state index in [1.807, 2.05) is 6.07 Å². The molecule has 0 bridgehead atoms. The van der Waals surface area contributed by atoms with E-state index in [1.54, 1.807) is 18.1 Å². The van der Waals surface area contributed by atoms with Gasteiger partial charge in [-0.05, 0) is 59.9 Å². The molecule has 4 heteroatoms.